The molecule has 2 heterocycles. The molecule has 240 valence electrons. The van der Waals surface area contributed by atoms with Crippen LogP contribution in [0.5, 0.6) is 5.75 Å². The van der Waals surface area contributed by atoms with E-state index >= 15 is 0 Å². The number of nitrogens with zero attached hydrogens (tertiary/aromatic N) is 6. The van der Waals surface area contributed by atoms with E-state index in [1.54, 1.807) is 36.0 Å². The Morgan fingerprint density at radius 1 is 1.11 bits per heavy atom. The van der Waals surface area contributed by atoms with Crippen molar-refractivity contribution in [3.8, 4) is 28.9 Å². The number of halogens is 3. The fourth-order valence-electron chi connectivity index (χ4n) is 5.14. The number of amidine groups is 1. The minimum Gasteiger partial charge on any atom is -0.406 e. The van der Waals surface area contributed by atoms with Crippen LogP contribution in [0.2, 0.25) is 0 Å². The van der Waals surface area contributed by atoms with E-state index in [2.05, 4.69) is 69.0 Å². The van der Waals surface area contributed by atoms with Gasteiger partial charge in [0.15, 0.2) is 11.0 Å². The van der Waals surface area contributed by atoms with Crippen molar-refractivity contribution in [2.45, 2.75) is 57.8 Å². The molecule has 0 radical (unpaired) electrons. The third-order valence-corrected chi connectivity index (χ3v) is 8.52. The largest absolute Gasteiger partial charge is 0.573 e. The molecule has 3 atom stereocenters. The number of aliphatic hydroxyl groups excluding tert-OH is 1. The van der Waals surface area contributed by atoms with E-state index in [1.165, 1.54) is 40.8 Å². The number of nitrogens with one attached hydrogen (secondary N) is 1. The Balaban J connectivity index is 1.23. The summed E-state index contributed by atoms with van der Waals surface area (Å²) in [5.41, 5.74) is 4.25. The van der Waals surface area contributed by atoms with Gasteiger partial charge in [0, 0.05) is 29.6 Å². The smallest absolute Gasteiger partial charge is 0.406 e. The van der Waals surface area contributed by atoms with Crippen LogP contribution in [0.25, 0.3) is 17.1 Å². The highest BCUT2D eigenvalue weighted by Gasteiger charge is 2.31. The highest BCUT2D eigenvalue weighted by Crippen LogP contribution is 2.35. The molecule has 0 bridgehead atoms. The van der Waals surface area contributed by atoms with E-state index in [0.29, 0.717) is 23.0 Å². The fourth-order valence-corrected chi connectivity index (χ4v) is 6.37. The normalized spacial score (nSPS) is 17.6. The number of para-hydroxylation sites is 1. The van der Waals surface area contributed by atoms with Crippen molar-refractivity contribution >= 4 is 22.6 Å². The maximum Gasteiger partial charge on any atom is 0.573 e. The molecule has 1 saturated heterocycles. The zero-order valence-corrected chi connectivity index (χ0v) is 26.3. The third-order valence-electron chi connectivity index (χ3n) is 7.52. The number of benzene rings is 3. The highest BCUT2D eigenvalue weighted by atomic mass is 32.2. The average molecular weight is 650 g/mol. The first kappa shape index (κ1) is 33.0. The molecule has 0 amide bonds. The van der Waals surface area contributed by atoms with Crippen molar-refractivity contribution in [1.82, 2.24) is 20.1 Å². The van der Waals surface area contributed by atoms with Crippen LogP contribution in [-0.4, -0.2) is 56.1 Å². The number of hydrogen-bond acceptors (Lipinski definition) is 8. The van der Waals surface area contributed by atoms with Crippen LogP contribution in [0.15, 0.2) is 84.1 Å². The Morgan fingerprint density at radius 3 is 2.50 bits per heavy atom. The Labute approximate surface area is 269 Å². The Hall–Kier alpha value is -4.38. The summed E-state index contributed by atoms with van der Waals surface area (Å²) in [5, 5.41) is 28.9. The first-order valence-corrected chi connectivity index (χ1v) is 15.8. The van der Waals surface area contributed by atoms with E-state index in [-0.39, 0.29) is 18.3 Å². The molecular weight excluding hydrogens is 615 g/mol. The van der Waals surface area contributed by atoms with Gasteiger partial charge in [0.1, 0.15) is 12.1 Å². The molecule has 2 N–H and O–H groups in total. The molecule has 1 aromatic heterocycles. The quantitative estimate of drug-likeness (QED) is 0.180. The van der Waals surface area contributed by atoms with Gasteiger partial charge < -0.3 is 14.7 Å². The number of aromatic nitrogens is 3. The molecule has 1 aliphatic heterocycles. The minimum absolute atomic E-state index is 0.178. The van der Waals surface area contributed by atoms with Gasteiger partial charge in [0.2, 0.25) is 6.35 Å². The molecule has 0 spiro atoms. The second-order valence-electron chi connectivity index (χ2n) is 11.1. The Morgan fingerprint density at radius 2 is 1.83 bits per heavy atom. The van der Waals surface area contributed by atoms with Gasteiger partial charge in [-0.2, -0.15) is 5.26 Å². The van der Waals surface area contributed by atoms with E-state index in [4.69, 9.17) is 0 Å². The van der Waals surface area contributed by atoms with Gasteiger partial charge in [-0.15, -0.1) is 18.3 Å². The first-order chi connectivity index (χ1) is 22.0. The summed E-state index contributed by atoms with van der Waals surface area (Å²) >= 11 is 1.61. The van der Waals surface area contributed by atoms with Gasteiger partial charge >= 0.3 is 6.36 Å². The maximum absolute atomic E-state index is 12.4. The van der Waals surface area contributed by atoms with Gasteiger partial charge in [-0.1, -0.05) is 68.1 Å². The summed E-state index contributed by atoms with van der Waals surface area (Å²) in [4.78, 5) is 11.1. The summed E-state index contributed by atoms with van der Waals surface area (Å²) in [6.45, 7) is 6.66. The fraction of sp³-hybridized carbons (Fsp3) is 0.333. The SMILES string of the molecule is CC(C)c1ccccc1N1C(=NC(O)NCC(C#N)c2ccc(-c3ncn(-c4ccc(OC(F)(F)F)cc4)n3)cc2)SCCC1C. The summed E-state index contributed by atoms with van der Waals surface area (Å²) in [6, 6.07) is 23.3. The second-order valence-corrected chi connectivity index (χ2v) is 12.2. The number of alkyl halides is 3. The van der Waals surface area contributed by atoms with Crippen LogP contribution >= 0.6 is 11.8 Å². The Bertz CT molecular complexity index is 1690. The molecule has 3 unspecified atom stereocenters. The summed E-state index contributed by atoms with van der Waals surface area (Å²) < 4.78 is 42.7. The van der Waals surface area contributed by atoms with Gasteiger partial charge in [0.25, 0.3) is 0 Å². The van der Waals surface area contributed by atoms with Crippen LogP contribution in [0, 0.1) is 11.3 Å². The summed E-state index contributed by atoms with van der Waals surface area (Å²) in [5.74, 6) is 0.753. The minimum atomic E-state index is -4.77. The van der Waals surface area contributed by atoms with Crippen LogP contribution < -0.4 is 15.0 Å². The molecule has 13 heteroatoms. The number of rotatable bonds is 10. The highest BCUT2D eigenvalue weighted by molar-refractivity contribution is 8.14. The number of nitriles is 1. The van der Waals surface area contributed by atoms with E-state index in [1.807, 2.05) is 12.1 Å². The molecule has 0 aliphatic carbocycles. The van der Waals surface area contributed by atoms with Gasteiger partial charge in [-0.3, -0.25) is 5.32 Å². The second kappa shape index (κ2) is 14.4. The third kappa shape index (κ3) is 8.06. The van der Waals surface area contributed by atoms with Gasteiger partial charge in [0.05, 0.1) is 17.7 Å². The van der Waals surface area contributed by atoms with Crippen LogP contribution in [0.1, 0.15) is 50.2 Å². The lowest BCUT2D eigenvalue weighted by Gasteiger charge is -2.37. The standard InChI is InChI=1S/C33H34F3N7O2S/c1-21(2)28-6-4-5-7-29(28)43-22(3)16-17-46-32(43)40-31(44)38-19-25(18-37)23-8-10-24(11-9-23)30-39-20-42(41-30)26-12-14-27(15-13-26)45-33(34,35)36/h4-15,20-22,25,31,38,44H,16-17,19H2,1-3H3. The van der Waals surface area contributed by atoms with Crippen LogP contribution in [0.3, 0.4) is 0 Å². The zero-order chi connectivity index (χ0) is 32.8. The molecule has 3 aromatic carbocycles. The topological polar surface area (TPSA) is 112 Å². The lowest BCUT2D eigenvalue weighted by atomic mass is 9.99. The number of anilines is 1. The van der Waals surface area contributed by atoms with Gasteiger partial charge in [-0.25, -0.2) is 14.7 Å². The monoisotopic (exact) mass is 649 g/mol. The average Bonchev–Trinajstić information content (AvgIpc) is 3.52. The summed E-state index contributed by atoms with van der Waals surface area (Å²) in [7, 11) is 0. The summed E-state index contributed by atoms with van der Waals surface area (Å²) in [6.07, 6.45) is -3.51. The molecule has 5 rings (SSSR count). The van der Waals surface area contributed by atoms with Crippen molar-refractivity contribution in [1.29, 1.82) is 5.26 Å². The van der Waals surface area contributed by atoms with Crippen molar-refractivity contribution in [3.05, 3.63) is 90.3 Å². The lowest BCUT2D eigenvalue weighted by molar-refractivity contribution is -0.274. The number of hydrogen-bond donors (Lipinski definition) is 2. The molecule has 1 aliphatic rings. The lowest BCUT2D eigenvalue weighted by Crippen LogP contribution is -2.43. The Kier molecular flexibility index (Phi) is 10.3. The zero-order valence-electron chi connectivity index (χ0n) is 25.5. The number of aliphatic imine (C=N–C) groups is 1. The van der Waals surface area contributed by atoms with E-state index in [9.17, 15) is 23.5 Å². The van der Waals surface area contributed by atoms with E-state index in [0.717, 1.165) is 28.6 Å². The van der Waals surface area contributed by atoms with Crippen molar-refractivity contribution < 1.29 is 23.0 Å². The number of thioether (sulfide) groups is 1. The molecule has 4 aromatic rings. The maximum atomic E-state index is 12.4. The number of aliphatic hydroxyl groups is 1. The van der Waals surface area contributed by atoms with Crippen molar-refractivity contribution in [2.75, 3.05) is 17.2 Å². The predicted octanol–water partition coefficient (Wildman–Crippen LogP) is 6.82. The molecule has 1 fully saturated rings. The van der Waals surface area contributed by atoms with Crippen molar-refractivity contribution in [2.24, 2.45) is 4.99 Å². The first-order valence-electron chi connectivity index (χ1n) is 14.8. The molecule has 9 nitrogen and oxygen atoms in total. The van der Waals surface area contributed by atoms with Crippen molar-refractivity contribution in [3.63, 3.8) is 0 Å². The number of ether oxygens (including phenoxy) is 1. The van der Waals surface area contributed by atoms with Gasteiger partial charge in [-0.05, 0) is 60.7 Å². The predicted molar refractivity (Wildman–Crippen MR) is 173 cm³/mol. The molecular formula is C33H34F3N7O2S. The molecule has 46 heavy (non-hydrogen) atoms. The van der Waals surface area contributed by atoms with Crippen LogP contribution in [-0.2, 0) is 0 Å². The van der Waals surface area contributed by atoms with E-state index < -0.39 is 18.6 Å². The molecule has 0 saturated carbocycles. The van der Waals surface area contributed by atoms with Crippen LogP contribution in [0.4, 0.5) is 18.9 Å².